The van der Waals surface area contributed by atoms with E-state index < -0.39 is 30.6 Å². The molecule has 0 radical (unpaired) electrons. The number of hydrogen-bond donors (Lipinski definition) is 2. The van der Waals surface area contributed by atoms with E-state index in [1.807, 2.05) is 13.0 Å². The van der Waals surface area contributed by atoms with Gasteiger partial charge in [0.1, 0.15) is 5.75 Å². The van der Waals surface area contributed by atoms with Gasteiger partial charge in [-0.3, -0.25) is 10.1 Å². The molecule has 0 bridgehead atoms. The molecular weight excluding hydrogens is 326 g/mol. The predicted octanol–water partition coefficient (Wildman–Crippen LogP) is 1.49. The highest BCUT2D eigenvalue weighted by Crippen LogP contribution is 2.13. The number of nitrogens with one attached hydrogen (secondary N) is 2. The summed E-state index contributed by atoms with van der Waals surface area (Å²) in [4.78, 5) is 34.8. The minimum atomic E-state index is -0.949. The van der Waals surface area contributed by atoms with Crippen LogP contribution in [0.15, 0.2) is 24.3 Å². The van der Waals surface area contributed by atoms with Crippen LogP contribution in [0.4, 0.5) is 4.79 Å². The van der Waals surface area contributed by atoms with Gasteiger partial charge in [-0.25, -0.2) is 9.59 Å². The fourth-order valence-corrected chi connectivity index (χ4v) is 1.64. The van der Waals surface area contributed by atoms with E-state index in [9.17, 15) is 14.4 Å². The largest absolute Gasteiger partial charge is 0.479 e. The van der Waals surface area contributed by atoms with Crippen molar-refractivity contribution in [1.82, 2.24) is 10.6 Å². The van der Waals surface area contributed by atoms with Crippen molar-refractivity contribution in [2.24, 2.45) is 0 Å². The zero-order valence-corrected chi connectivity index (χ0v) is 14.4. The highest BCUT2D eigenvalue weighted by Gasteiger charge is 2.18. The molecule has 1 rings (SSSR count). The van der Waals surface area contributed by atoms with Gasteiger partial charge in [-0.05, 0) is 44.5 Å². The molecule has 1 aromatic rings. The van der Waals surface area contributed by atoms with Gasteiger partial charge in [0.25, 0.3) is 5.91 Å². The van der Waals surface area contributed by atoms with Crippen molar-refractivity contribution in [2.75, 3.05) is 6.61 Å². The first-order valence-corrected chi connectivity index (χ1v) is 7.79. The number of nitrogens with zero attached hydrogens (tertiary/aromatic N) is 1. The van der Waals surface area contributed by atoms with Crippen molar-refractivity contribution >= 4 is 17.9 Å². The Morgan fingerprint density at radius 1 is 1.20 bits per heavy atom. The first-order valence-electron chi connectivity index (χ1n) is 7.79. The van der Waals surface area contributed by atoms with E-state index in [1.54, 1.807) is 31.2 Å². The maximum atomic E-state index is 11.8. The average Bonchev–Trinajstić information content (AvgIpc) is 2.59. The van der Waals surface area contributed by atoms with Crippen LogP contribution in [0.5, 0.6) is 5.75 Å². The van der Waals surface area contributed by atoms with Gasteiger partial charge >= 0.3 is 12.0 Å². The molecule has 8 heteroatoms. The van der Waals surface area contributed by atoms with E-state index in [-0.39, 0.29) is 6.04 Å². The minimum Gasteiger partial charge on any atom is -0.479 e. The van der Waals surface area contributed by atoms with E-state index in [0.29, 0.717) is 11.3 Å². The van der Waals surface area contributed by atoms with Crippen molar-refractivity contribution in [2.45, 2.75) is 39.3 Å². The van der Waals surface area contributed by atoms with Crippen LogP contribution in [0, 0.1) is 11.3 Å². The minimum absolute atomic E-state index is 0.0730. The number of ether oxygens (including phenoxy) is 2. The molecule has 0 aliphatic carbocycles. The molecule has 0 aliphatic heterocycles. The van der Waals surface area contributed by atoms with Crippen molar-refractivity contribution in [3.8, 4) is 11.8 Å². The first kappa shape index (κ1) is 20.0. The average molecular weight is 347 g/mol. The molecule has 0 saturated heterocycles. The molecule has 0 spiro atoms. The molecule has 1 aromatic carbocycles. The molecular formula is C17H21N3O5. The molecule has 25 heavy (non-hydrogen) atoms. The molecule has 0 aromatic heterocycles. The van der Waals surface area contributed by atoms with E-state index in [0.717, 1.165) is 6.42 Å². The summed E-state index contributed by atoms with van der Waals surface area (Å²) in [5.74, 6) is -1.09. The summed E-state index contributed by atoms with van der Waals surface area (Å²) in [7, 11) is 0. The Kier molecular flexibility index (Phi) is 7.93. The van der Waals surface area contributed by atoms with Gasteiger partial charge in [0, 0.05) is 6.04 Å². The lowest BCUT2D eigenvalue weighted by Gasteiger charge is -2.14. The summed E-state index contributed by atoms with van der Waals surface area (Å²) in [5.41, 5.74) is 0.468. The Bertz CT molecular complexity index is 651. The lowest BCUT2D eigenvalue weighted by atomic mass is 10.2. The highest BCUT2D eigenvalue weighted by atomic mass is 16.6. The summed E-state index contributed by atoms with van der Waals surface area (Å²) in [6.45, 7) is 4.57. The Morgan fingerprint density at radius 2 is 1.84 bits per heavy atom. The van der Waals surface area contributed by atoms with Crippen LogP contribution in [0.1, 0.15) is 32.8 Å². The van der Waals surface area contributed by atoms with Crippen LogP contribution in [-0.2, 0) is 14.3 Å². The topological polar surface area (TPSA) is 118 Å². The third-order valence-electron chi connectivity index (χ3n) is 3.22. The van der Waals surface area contributed by atoms with Crippen LogP contribution in [-0.4, -0.2) is 36.7 Å². The molecule has 0 heterocycles. The Hall–Kier alpha value is -3.08. The number of benzene rings is 1. The van der Waals surface area contributed by atoms with Crippen LogP contribution < -0.4 is 15.4 Å². The Labute approximate surface area is 146 Å². The number of urea groups is 1. The smallest absolute Gasteiger partial charge is 0.347 e. The summed E-state index contributed by atoms with van der Waals surface area (Å²) in [6.07, 6.45) is -0.226. The lowest BCUT2D eigenvalue weighted by Crippen LogP contribution is -2.45. The zero-order valence-electron chi connectivity index (χ0n) is 14.4. The van der Waals surface area contributed by atoms with Crippen LogP contribution in [0.2, 0.25) is 0 Å². The summed E-state index contributed by atoms with van der Waals surface area (Å²) in [6, 6.07) is 7.46. The molecule has 2 atom stereocenters. The Balaban J connectivity index is 2.38. The third kappa shape index (κ3) is 7.35. The molecule has 134 valence electrons. The second-order valence-corrected chi connectivity index (χ2v) is 5.33. The number of amides is 3. The van der Waals surface area contributed by atoms with E-state index in [1.165, 1.54) is 6.92 Å². The van der Waals surface area contributed by atoms with Gasteiger partial charge in [0.2, 0.25) is 0 Å². The number of hydrogen-bond acceptors (Lipinski definition) is 6. The fraction of sp³-hybridized carbons (Fsp3) is 0.412. The Morgan fingerprint density at radius 3 is 2.40 bits per heavy atom. The number of nitriles is 1. The maximum Gasteiger partial charge on any atom is 0.347 e. The highest BCUT2D eigenvalue weighted by molar-refractivity contribution is 5.95. The number of esters is 1. The normalized spacial score (nSPS) is 12.2. The zero-order chi connectivity index (χ0) is 18.8. The molecule has 0 aliphatic rings. The van der Waals surface area contributed by atoms with Gasteiger partial charge in [0.05, 0.1) is 11.6 Å². The second-order valence-electron chi connectivity index (χ2n) is 5.33. The van der Waals surface area contributed by atoms with E-state index in [4.69, 9.17) is 14.7 Å². The number of imide groups is 1. The van der Waals surface area contributed by atoms with Gasteiger partial charge in [-0.15, -0.1) is 0 Å². The van der Waals surface area contributed by atoms with Gasteiger partial charge in [-0.1, -0.05) is 6.92 Å². The van der Waals surface area contributed by atoms with Gasteiger partial charge in [-0.2, -0.15) is 5.26 Å². The quantitative estimate of drug-likeness (QED) is 0.722. The number of rotatable bonds is 7. The standard InChI is InChI=1S/C17H21N3O5/c1-4-11(2)19-17(23)20-15(21)10-24-16(22)12(3)25-14-7-5-13(9-18)6-8-14/h5-8,11-12H,4,10H2,1-3H3,(H2,19,20,21,23)/t11-,12+/m1/s1. The molecule has 8 nitrogen and oxygen atoms in total. The summed E-state index contributed by atoms with van der Waals surface area (Å²) < 4.78 is 10.2. The molecule has 3 amide bonds. The van der Waals surface area contributed by atoms with Crippen LogP contribution in [0.25, 0.3) is 0 Å². The van der Waals surface area contributed by atoms with E-state index in [2.05, 4.69) is 10.6 Å². The lowest BCUT2D eigenvalue weighted by molar-refractivity contribution is -0.154. The summed E-state index contributed by atoms with van der Waals surface area (Å²) >= 11 is 0. The monoisotopic (exact) mass is 347 g/mol. The SMILES string of the molecule is CC[C@@H](C)NC(=O)NC(=O)COC(=O)[C@H](C)Oc1ccc(C#N)cc1. The fourth-order valence-electron chi connectivity index (χ4n) is 1.64. The molecule has 0 unspecified atom stereocenters. The molecule has 0 fully saturated rings. The summed E-state index contributed by atoms with van der Waals surface area (Å²) in [5, 5.41) is 13.3. The van der Waals surface area contributed by atoms with Crippen LogP contribution >= 0.6 is 0 Å². The van der Waals surface area contributed by atoms with Crippen LogP contribution in [0.3, 0.4) is 0 Å². The predicted molar refractivity (Wildman–Crippen MR) is 88.6 cm³/mol. The van der Waals surface area contributed by atoms with Crippen molar-refractivity contribution in [1.29, 1.82) is 5.26 Å². The van der Waals surface area contributed by atoms with Gasteiger partial charge in [0.15, 0.2) is 12.7 Å². The van der Waals surface area contributed by atoms with Crippen molar-refractivity contribution in [3.05, 3.63) is 29.8 Å². The van der Waals surface area contributed by atoms with Gasteiger partial charge < -0.3 is 14.8 Å². The third-order valence-corrected chi connectivity index (χ3v) is 3.22. The van der Waals surface area contributed by atoms with Crippen molar-refractivity contribution in [3.63, 3.8) is 0 Å². The number of carbonyl (C=O) groups excluding carboxylic acids is 3. The first-order chi connectivity index (χ1) is 11.8. The molecule has 2 N–H and O–H groups in total. The molecule has 0 saturated carbocycles. The maximum absolute atomic E-state index is 11.8. The second kappa shape index (κ2) is 9.93. The number of carbonyl (C=O) groups is 3. The van der Waals surface area contributed by atoms with E-state index >= 15 is 0 Å². The van der Waals surface area contributed by atoms with Crippen molar-refractivity contribution < 1.29 is 23.9 Å².